The fourth-order valence-corrected chi connectivity index (χ4v) is 5.66. The highest BCUT2D eigenvalue weighted by Gasteiger charge is 2.50. The Morgan fingerprint density at radius 2 is 1.76 bits per heavy atom. The second-order valence-electron chi connectivity index (χ2n) is 7.98. The van der Waals surface area contributed by atoms with E-state index in [2.05, 4.69) is 10.7 Å². The molecule has 2 aliphatic rings. The van der Waals surface area contributed by atoms with E-state index in [1.54, 1.807) is 37.3 Å². The second kappa shape index (κ2) is 8.49. The summed E-state index contributed by atoms with van der Waals surface area (Å²) in [7, 11) is -2.53. The van der Waals surface area contributed by atoms with Crippen LogP contribution in [-0.2, 0) is 20.4 Å². The van der Waals surface area contributed by atoms with Gasteiger partial charge in [0.2, 0.25) is 10.0 Å². The van der Waals surface area contributed by atoms with E-state index >= 15 is 0 Å². The van der Waals surface area contributed by atoms with Crippen molar-refractivity contribution in [2.24, 2.45) is 0 Å². The lowest BCUT2D eigenvalue weighted by molar-refractivity contribution is -0.132. The number of amides is 4. The van der Waals surface area contributed by atoms with Crippen molar-refractivity contribution in [3.63, 3.8) is 0 Å². The summed E-state index contributed by atoms with van der Waals surface area (Å²) in [5.41, 5.74) is 1.46. The van der Waals surface area contributed by atoms with Gasteiger partial charge in [-0.1, -0.05) is 30.3 Å². The number of carbonyl (C=O) groups is 3. The Labute approximate surface area is 191 Å². The van der Waals surface area contributed by atoms with Crippen LogP contribution in [0.1, 0.15) is 35.7 Å². The van der Waals surface area contributed by atoms with Crippen molar-refractivity contribution >= 4 is 27.9 Å². The first-order valence-electron chi connectivity index (χ1n) is 10.4. The third-order valence-electron chi connectivity index (χ3n) is 5.86. The normalized spacial score (nSPS) is 21.2. The van der Waals surface area contributed by atoms with Gasteiger partial charge in [-0.2, -0.15) is 9.31 Å². The van der Waals surface area contributed by atoms with Gasteiger partial charge in [-0.05, 0) is 43.5 Å². The van der Waals surface area contributed by atoms with Gasteiger partial charge in [-0.25, -0.2) is 13.2 Å². The molecule has 4 rings (SSSR count). The molecule has 0 aromatic heterocycles. The van der Waals surface area contributed by atoms with Crippen LogP contribution in [0.3, 0.4) is 0 Å². The molecular formula is C22H24N4O6S. The van der Waals surface area contributed by atoms with Gasteiger partial charge in [0.05, 0.1) is 7.11 Å². The Bertz CT molecular complexity index is 1210. The lowest BCUT2D eigenvalue weighted by atomic mass is 9.92. The zero-order chi connectivity index (χ0) is 23.8. The minimum absolute atomic E-state index is 0.0394. The Morgan fingerprint density at radius 1 is 1.09 bits per heavy atom. The van der Waals surface area contributed by atoms with E-state index in [-0.39, 0.29) is 16.2 Å². The zero-order valence-electron chi connectivity index (χ0n) is 18.2. The summed E-state index contributed by atoms with van der Waals surface area (Å²) < 4.78 is 32.7. The molecule has 2 N–H and O–H groups in total. The first kappa shape index (κ1) is 22.7. The minimum Gasteiger partial charge on any atom is -0.495 e. The second-order valence-corrected chi connectivity index (χ2v) is 9.89. The minimum atomic E-state index is -3.87. The molecular weight excluding hydrogens is 448 g/mol. The third kappa shape index (κ3) is 3.93. The van der Waals surface area contributed by atoms with Crippen LogP contribution < -0.4 is 15.5 Å². The third-order valence-corrected chi connectivity index (χ3v) is 7.78. The van der Waals surface area contributed by atoms with Crippen LogP contribution in [0, 0.1) is 0 Å². The molecule has 0 spiro atoms. The Balaban J connectivity index is 1.60. The molecule has 2 aromatic rings. The standard InChI is InChI=1S/C22H24N4O6S/c1-22(16-8-4-3-5-9-16)20(28)26(21(29)23-22)24-19(27)15-10-11-17(32-2)18(14-15)33(30,31)25-12-6-7-13-25/h3-5,8-11,14H,6-7,12-13H2,1-2H3,(H,23,29)(H,24,27)/t22-/m1/s1. The Kier molecular flexibility index (Phi) is 5.85. The highest BCUT2D eigenvalue weighted by molar-refractivity contribution is 7.89. The number of nitrogens with one attached hydrogen (secondary N) is 2. The zero-order valence-corrected chi connectivity index (χ0v) is 19.0. The van der Waals surface area contributed by atoms with Gasteiger partial charge in [0.1, 0.15) is 16.2 Å². The maximum Gasteiger partial charge on any atom is 0.344 e. The summed E-state index contributed by atoms with van der Waals surface area (Å²) in [4.78, 5) is 38.3. The number of methoxy groups -OCH3 is 1. The Morgan fingerprint density at radius 3 is 2.39 bits per heavy atom. The number of hydrogen-bond donors (Lipinski definition) is 2. The average Bonchev–Trinajstić information content (AvgIpc) is 3.44. The molecule has 2 fully saturated rings. The van der Waals surface area contributed by atoms with Crippen molar-refractivity contribution in [3.8, 4) is 5.75 Å². The number of imide groups is 1. The predicted molar refractivity (Wildman–Crippen MR) is 118 cm³/mol. The molecule has 1 atom stereocenters. The molecule has 33 heavy (non-hydrogen) atoms. The van der Waals surface area contributed by atoms with Crippen molar-refractivity contribution in [3.05, 3.63) is 59.7 Å². The molecule has 0 bridgehead atoms. The smallest absolute Gasteiger partial charge is 0.344 e. The van der Waals surface area contributed by atoms with Gasteiger partial charge >= 0.3 is 6.03 Å². The van der Waals surface area contributed by atoms with Crippen molar-refractivity contribution < 1.29 is 27.5 Å². The van der Waals surface area contributed by atoms with E-state index in [4.69, 9.17) is 4.74 Å². The van der Waals surface area contributed by atoms with E-state index < -0.39 is 33.4 Å². The molecule has 0 saturated carbocycles. The van der Waals surface area contributed by atoms with E-state index in [9.17, 15) is 22.8 Å². The maximum absolute atomic E-state index is 13.1. The lowest BCUT2D eigenvalue weighted by Crippen LogP contribution is -2.48. The maximum atomic E-state index is 13.1. The van der Waals surface area contributed by atoms with Gasteiger partial charge in [-0.15, -0.1) is 0 Å². The molecule has 0 unspecified atom stereocenters. The molecule has 2 saturated heterocycles. The van der Waals surface area contributed by atoms with E-state index in [0.29, 0.717) is 23.7 Å². The van der Waals surface area contributed by atoms with Crippen LogP contribution in [0.4, 0.5) is 4.79 Å². The van der Waals surface area contributed by atoms with E-state index in [1.807, 2.05) is 0 Å². The van der Waals surface area contributed by atoms with Gasteiger partial charge in [0.25, 0.3) is 11.8 Å². The number of benzene rings is 2. The number of nitrogens with zero attached hydrogens (tertiary/aromatic N) is 2. The van der Waals surface area contributed by atoms with Crippen LogP contribution in [0.5, 0.6) is 5.75 Å². The number of hydrogen-bond acceptors (Lipinski definition) is 6. The molecule has 0 radical (unpaired) electrons. The van der Waals surface area contributed by atoms with Gasteiger partial charge in [0, 0.05) is 18.7 Å². The molecule has 2 aromatic carbocycles. The molecule has 10 nitrogen and oxygen atoms in total. The molecule has 2 aliphatic heterocycles. The number of ether oxygens (including phenoxy) is 1. The number of hydrazine groups is 1. The lowest BCUT2D eigenvalue weighted by Gasteiger charge is -2.22. The van der Waals surface area contributed by atoms with Gasteiger partial charge in [0.15, 0.2) is 0 Å². The monoisotopic (exact) mass is 472 g/mol. The topological polar surface area (TPSA) is 125 Å². The van der Waals surface area contributed by atoms with Crippen molar-refractivity contribution in [1.29, 1.82) is 0 Å². The largest absolute Gasteiger partial charge is 0.495 e. The van der Waals surface area contributed by atoms with Crippen LogP contribution in [0.15, 0.2) is 53.4 Å². The van der Waals surface area contributed by atoms with Crippen molar-refractivity contribution in [1.82, 2.24) is 20.1 Å². The summed E-state index contributed by atoms with van der Waals surface area (Å²) in [6, 6.07) is 11.8. The summed E-state index contributed by atoms with van der Waals surface area (Å²) in [6.07, 6.45) is 1.52. The van der Waals surface area contributed by atoms with Crippen molar-refractivity contribution in [2.75, 3.05) is 20.2 Å². The van der Waals surface area contributed by atoms with Crippen LogP contribution in [-0.4, -0.2) is 55.8 Å². The summed E-state index contributed by atoms with van der Waals surface area (Å²) >= 11 is 0. The predicted octanol–water partition coefficient (Wildman–Crippen LogP) is 1.59. The SMILES string of the molecule is COc1ccc(C(=O)NN2C(=O)N[C@](C)(c3ccccc3)C2=O)cc1S(=O)(=O)N1CCCC1. The fraction of sp³-hybridized carbons (Fsp3) is 0.318. The van der Waals surface area contributed by atoms with Gasteiger partial charge in [-0.3, -0.25) is 15.0 Å². The number of rotatable bonds is 6. The van der Waals surface area contributed by atoms with E-state index in [0.717, 1.165) is 12.8 Å². The number of sulfonamides is 1. The summed E-state index contributed by atoms with van der Waals surface area (Å²) in [6.45, 7) is 2.33. The quantitative estimate of drug-likeness (QED) is 0.615. The van der Waals surface area contributed by atoms with Gasteiger partial charge < -0.3 is 10.1 Å². The van der Waals surface area contributed by atoms with Crippen molar-refractivity contribution in [2.45, 2.75) is 30.2 Å². The number of carbonyl (C=O) groups excluding carboxylic acids is 3. The highest BCUT2D eigenvalue weighted by atomic mass is 32.2. The Hall–Kier alpha value is -3.44. The molecule has 11 heteroatoms. The van der Waals surface area contributed by atoms with Crippen LogP contribution >= 0.6 is 0 Å². The summed E-state index contributed by atoms with van der Waals surface area (Å²) in [5, 5.41) is 3.20. The first-order chi connectivity index (χ1) is 15.7. The van der Waals surface area contributed by atoms with Crippen LogP contribution in [0.2, 0.25) is 0 Å². The summed E-state index contributed by atoms with van der Waals surface area (Å²) in [5.74, 6) is -1.37. The van der Waals surface area contributed by atoms with E-state index in [1.165, 1.54) is 29.6 Å². The fourth-order valence-electron chi connectivity index (χ4n) is 3.96. The van der Waals surface area contributed by atoms with Crippen LogP contribution in [0.25, 0.3) is 0 Å². The highest BCUT2D eigenvalue weighted by Crippen LogP contribution is 2.31. The molecule has 4 amide bonds. The average molecular weight is 473 g/mol. The molecule has 0 aliphatic carbocycles. The number of urea groups is 1. The molecule has 174 valence electrons. The molecule has 2 heterocycles. The first-order valence-corrected chi connectivity index (χ1v) is 11.8.